The third-order valence-electron chi connectivity index (χ3n) is 7.67. The van der Waals surface area contributed by atoms with Gasteiger partial charge < -0.3 is 25.7 Å². The van der Waals surface area contributed by atoms with Crippen molar-refractivity contribution >= 4 is 76.5 Å². The lowest BCUT2D eigenvalue weighted by Crippen LogP contribution is -1.99. The lowest BCUT2D eigenvalue weighted by Gasteiger charge is -2.10. The molecule has 0 aliphatic carbocycles. The van der Waals surface area contributed by atoms with Crippen molar-refractivity contribution in [1.29, 1.82) is 0 Å². The molecule has 0 heterocycles. The molecule has 5 rings (SSSR count). The van der Waals surface area contributed by atoms with Crippen molar-refractivity contribution in [3.63, 3.8) is 0 Å². The monoisotopic (exact) mass is 748 g/mol. The number of nitrogens with zero attached hydrogens (tertiary/aromatic N) is 6. The van der Waals surface area contributed by atoms with Crippen molar-refractivity contribution in [1.82, 2.24) is 0 Å². The van der Waals surface area contributed by atoms with Crippen LogP contribution >= 0.6 is 0 Å². The van der Waals surface area contributed by atoms with Gasteiger partial charge in [-0.05, 0) is 67.4 Å². The van der Waals surface area contributed by atoms with Crippen molar-refractivity contribution in [3.05, 3.63) is 77.9 Å². The highest BCUT2D eigenvalue weighted by molar-refractivity contribution is 7.86. The molecule has 19 heteroatoms. The molecule has 6 N–H and O–H groups in total. The van der Waals surface area contributed by atoms with Crippen LogP contribution in [0, 0.1) is 13.8 Å². The van der Waals surface area contributed by atoms with E-state index in [9.17, 15) is 25.9 Å². The molecule has 0 bridgehead atoms. The Hall–Kier alpha value is -6.02. The fourth-order valence-electron chi connectivity index (χ4n) is 4.99. The summed E-state index contributed by atoms with van der Waals surface area (Å²) in [6.07, 6.45) is 0. The largest absolute Gasteiger partial charge is 0.495 e. The average molecular weight is 749 g/mol. The van der Waals surface area contributed by atoms with Gasteiger partial charge in [-0.15, -0.1) is 20.5 Å². The Morgan fingerprint density at radius 3 is 1.42 bits per heavy atom. The minimum atomic E-state index is -4.89. The number of hydrogen-bond donors (Lipinski definition) is 4. The minimum Gasteiger partial charge on any atom is -0.495 e. The van der Waals surface area contributed by atoms with Gasteiger partial charge in [0.05, 0.1) is 60.3 Å². The van der Waals surface area contributed by atoms with E-state index in [1.165, 1.54) is 57.7 Å². The van der Waals surface area contributed by atoms with E-state index in [0.717, 1.165) is 11.6 Å². The lowest BCUT2D eigenvalue weighted by molar-refractivity contribution is 0.415. The molecule has 0 radical (unpaired) electrons. The summed E-state index contributed by atoms with van der Waals surface area (Å²) in [5.74, 6) is 0.728. The quantitative estimate of drug-likeness (QED) is 0.0566. The first-order valence-electron chi connectivity index (χ1n) is 14.9. The van der Waals surface area contributed by atoms with Crippen LogP contribution in [-0.2, 0) is 20.2 Å². The predicted molar refractivity (Wildman–Crippen MR) is 193 cm³/mol. The van der Waals surface area contributed by atoms with Gasteiger partial charge in [0.15, 0.2) is 0 Å². The summed E-state index contributed by atoms with van der Waals surface area (Å²) in [7, 11) is -5.33. The molecule has 270 valence electrons. The number of nitrogen functional groups attached to an aromatic ring is 2. The summed E-state index contributed by atoms with van der Waals surface area (Å²) in [6.45, 7) is 3.51. The van der Waals surface area contributed by atoms with Crippen LogP contribution in [0.4, 0.5) is 45.5 Å². The number of nitrogens with two attached hydrogens (primary N) is 2. The normalized spacial score (nSPS) is 12.4. The van der Waals surface area contributed by atoms with Crippen LogP contribution < -0.4 is 25.7 Å². The maximum atomic E-state index is 12.5. The van der Waals surface area contributed by atoms with Crippen molar-refractivity contribution in [2.24, 2.45) is 30.7 Å². The molecule has 0 aliphatic rings. The minimum absolute atomic E-state index is 0.000597. The maximum Gasteiger partial charge on any atom is 0.296 e. The first kappa shape index (κ1) is 37.2. The molecule has 5 aromatic rings. The third kappa shape index (κ3) is 7.97. The Kier molecular flexibility index (Phi) is 10.5. The Labute approximate surface area is 298 Å². The van der Waals surface area contributed by atoms with Crippen LogP contribution in [0.25, 0.3) is 10.8 Å². The second-order valence-corrected chi connectivity index (χ2v) is 13.9. The summed E-state index contributed by atoms with van der Waals surface area (Å²) in [4.78, 5) is -1.09. The Balaban J connectivity index is 1.61. The zero-order valence-electron chi connectivity index (χ0n) is 28.3. The first-order chi connectivity index (χ1) is 24.5. The molecule has 0 saturated carbocycles. The van der Waals surface area contributed by atoms with E-state index >= 15 is 0 Å². The van der Waals surface area contributed by atoms with E-state index in [1.54, 1.807) is 38.1 Å². The van der Waals surface area contributed by atoms with Gasteiger partial charge in [-0.25, -0.2) is 0 Å². The fourth-order valence-corrected chi connectivity index (χ4v) is 6.12. The van der Waals surface area contributed by atoms with Gasteiger partial charge in [0.1, 0.15) is 33.5 Å². The van der Waals surface area contributed by atoms with Gasteiger partial charge in [-0.3, -0.25) is 9.11 Å². The highest BCUT2D eigenvalue weighted by atomic mass is 32.2. The van der Waals surface area contributed by atoms with E-state index in [1.807, 2.05) is 0 Å². The topological polar surface area (TPSA) is 263 Å². The molecule has 0 atom stereocenters. The summed E-state index contributed by atoms with van der Waals surface area (Å²) in [5, 5.41) is 25.8. The van der Waals surface area contributed by atoms with Crippen molar-refractivity contribution in [2.45, 2.75) is 23.6 Å². The van der Waals surface area contributed by atoms with Crippen LogP contribution in [0.2, 0.25) is 0 Å². The first-order valence-corrected chi connectivity index (χ1v) is 17.8. The Bertz CT molecular complexity index is 2540. The Morgan fingerprint density at radius 1 is 0.500 bits per heavy atom. The smallest absolute Gasteiger partial charge is 0.296 e. The van der Waals surface area contributed by atoms with Crippen molar-refractivity contribution in [3.8, 4) is 17.2 Å². The van der Waals surface area contributed by atoms with Crippen LogP contribution in [0.15, 0.2) is 107 Å². The van der Waals surface area contributed by atoms with E-state index in [4.69, 9.17) is 25.7 Å². The number of benzene rings is 5. The average Bonchev–Trinajstić information content (AvgIpc) is 3.09. The molecule has 0 amide bonds. The molecule has 5 aromatic carbocycles. The number of anilines is 2. The molecular weight excluding hydrogens is 717 g/mol. The number of methoxy groups -OCH3 is 3. The fraction of sp³-hybridized carbons (Fsp3) is 0.152. The number of hydrogen-bond acceptors (Lipinski definition) is 15. The number of rotatable bonds is 11. The van der Waals surface area contributed by atoms with Gasteiger partial charge in [0.25, 0.3) is 20.2 Å². The summed E-state index contributed by atoms with van der Waals surface area (Å²) < 4.78 is 84.9. The van der Waals surface area contributed by atoms with Crippen molar-refractivity contribution < 1.29 is 40.2 Å². The van der Waals surface area contributed by atoms with Gasteiger partial charge in [0.2, 0.25) is 0 Å². The van der Waals surface area contributed by atoms with Crippen LogP contribution in [0.1, 0.15) is 11.1 Å². The predicted octanol–water partition coefficient (Wildman–Crippen LogP) is 8.39. The lowest BCUT2D eigenvalue weighted by atomic mass is 10.1. The molecular formula is C33H32N8O9S2. The van der Waals surface area contributed by atoms with E-state index in [-0.39, 0.29) is 28.2 Å². The van der Waals surface area contributed by atoms with E-state index < -0.39 is 30.0 Å². The van der Waals surface area contributed by atoms with E-state index in [0.29, 0.717) is 50.9 Å². The van der Waals surface area contributed by atoms with Gasteiger partial charge in [-0.1, -0.05) is 6.07 Å². The molecule has 0 unspecified atom stereocenters. The number of aryl methyl sites for hydroxylation is 2. The zero-order valence-corrected chi connectivity index (χ0v) is 29.9. The second kappa shape index (κ2) is 14.7. The van der Waals surface area contributed by atoms with E-state index in [2.05, 4.69) is 30.7 Å². The van der Waals surface area contributed by atoms with Gasteiger partial charge in [0, 0.05) is 29.0 Å². The summed E-state index contributed by atoms with van der Waals surface area (Å²) in [6, 6.07) is 15.4. The molecule has 0 aromatic heterocycles. The van der Waals surface area contributed by atoms with Crippen molar-refractivity contribution in [2.75, 3.05) is 32.8 Å². The maximum absolute atomic E-state index is 12.5. The molecule has 0 aliphatic heterocycles. The van der Waals surface area contributed by atoms with Gasteiger partial charge >= 0.3 is 0 Å². The number of azo groups is 3. The van der Waals surface area contributed by atoms with Crippen LogP contribution in [-0.4, -0.2) is 47.3 Å². The highest BCUT2D eigenvalue weighted by Crippen LogP contribution is 2.42. The SMILES string of the molecule is COc1cc(N=Nc2cc(OC)c(N=Nc3ccc(N=Nc4cc(OC)c(N)cc4C)c4ccc(S(=O)(=O)O)cc34)cc2S(=O)(=O)O)c(C)cc1N. The third-order valence-corrected chi connectivity index (χ3v) is 9.40. The molecule has 0 spiro atoms. The van der Waals surface area contributed by atoms with Crippen LogP contribution in [0.5, 0.6) is 17.2 Å². The number of fused-ring (bicyclic) bond motifs is 1. The molecule has 0 fully saturated rings. The van der Waals surface area contributed by atoms with Gasteiger partial charge in [-0.2, -0.15) is 27.1 Å². The summed E-state index contributed by atoms with van der Waals surface area (Å²) >= 11 is 0. The standard InChI is InChI=1S/C33H32N8O9S2/c1-17-10-22(34)30(48-3)13-26(17)38-36-24-8-9-25(21-12-19(51(42,43)44)6-7-20(21)24)37-40-28-16-33(52(45,46)47)29(15-32(28)50-5)41-39-27-14-31(49-4)23(35)11-18(27)2/h6-16H,34-35H2,1-5H3,(H,42,43,44)(H,45,46,47). The summed E-state index contributed by atoms with van der Waals surface area (Å²) in [5.41, 5.74) is 14.8. The second-order valence-electron chi connectivity index (χ2n) is 11.1. The Morgan fingerprint density at radius 2 is 0.942 bits per heavy atom. The zero-order chi connectivity index (χ0) is 38.0. The van der Waals surface area contributed by atoms with Crippen LogP contribution in [0.3, 0.4) is 0 Å². The number of ether oxygens (including phenoxy) is 3. The molecule has 0 saturated heterocycles. The molecule has 52 heavy (non-hydrogen) atoms. The molecule has 17 nitrogen and oxygen atoms in total. The highest BCUT2D eigenvalue weighted by Gasteiger charge is 2.21.